The van der Waals surface area contributed by atoms with Gasteiger partial charge in [-0.2, -0.15) is 0 Å². The molecule has 0 N–H and O–H groups in total. The Kier molecular flexibility index (Phi) is 6.15. The van der Waals surface area contributed by atoms with Gasteiger partial charge in [0.1, 0.15) is 0 Å². The zero-order valence-electron chi connectivity index (χ0n) is 29.5. The van der Waals surface area contributed by atoms with Crippen molar-refractivity contribution in [3.8, 4) is 44.5 Å². The maximum absolute atomic E-state index is 2.43. The number of rotatable bonds is 4. The number of fused-ring (bicyclic) bond motifs is 1. The third-order valence-electron chi connectivity index (χ3n) is 11.9. The molecule has 0 nitrogen and oxygen atoms in total. The molecule has 0 fully saturated rings. The first-order valence-electron chi connectivity index (χ1n) is 18.8. The van der Waals surface area contributed by atoms with Gasteiger partial charge >= 0.3 is 0 Å². The highest BCUT2D eigenvalue weighted by Gasteiger charge is 2.18. The summed E-state index contributed by atoms with van der Waals surface area (Å²) in [6.07, 6.45) is 0. The fourth-order valence-electron chi connectivity index (χ4n) is 9.38. The van der Waals surface area contributed by atoms with Crippen LogP contribution >= 0.6 is 0 Å². The summed E-state index contributed by atoms with van der Waals surface area (Å²) in [5, 5.41) is 18.2. The van der Waals surface area contributed by atoms with E-state index in [2.05, 4.69) is 194 Å². The van der Waals surface area contributed by atoms with E-state index in [1.165, 1.54) is 120 Å². The fourth-order valence-corrected chi connectivity index (χ4v) is 9.38. The molecule has 0 heterocycles. The van der Waals surface area contributed by atoms with Crippen molar-refractivity contribution in [1.82, 2.24) is 0 Å². The van der Waals surface area contributed by atoms with Crippen LogP contribution < -0.4 is 0 Å². The molecule has 248 valence electrons. The van der Waals surface area contributed by atoms with Crippen LogP contribution in [0.15, 0.2) is 194 Å². The molecule has 0 saturated carbocycles. The number of benzene rings is 12. The van der Waals surface area contributed by atoms with Gasteiger partial charge in [0.25, 0.3) is 0 Å². The van der Waals surface area contributed by atoms with Crippen LogP contribution in [0.4, 0.5) is 0 Å². The Morgan fingerprint density at radius 1 is 0.185 bits per heavy atom. The van der Waals surface area contributed by atoms with E-state index in [1.807, 2.05) is 0 Å². The molecule has 54 heavy (non-hydrogen) atoms. The fraction of sp³-hybridized carbons (Fsp3) is 0. The molecule has 0 aromatic heterocycles. The summed E-state index contributed by atoms with van der Waals surface area (Å²) in [7, 11) is 0. The maximum atomic E-state index is 2.43. The van der Waals surface area contributed by atoms with Gasteiger partial charge < -0.3 is 0 Å². The highest BCUT2D eigenvalue weighted by molar-refractivity contribution is 6.27. The second kappa shape index (κ2) is 11.2. The molecule has 12 aromatic rings. The second-order valence-corrected chi connectivity index (χ2v) is 14.8. The van der Waals surface area contributed by atoms with Crippen LogP contribution in [0.3, 0.4) is 0 Å². The molecule has 12 rings (SSSR count). The van der Waals surface area contributed by atoms with Gasteiger partial charge in [-0.3, -0.25) is 0 Å². The lowest BCUT2D eigenvalue weighted by Gasteiger charge is -2.18. The molecule has 0 spiro atoms. The number of hydrogen-bond donors (Lipinski definition) is 0. The highest BCUT2D eigenvalue weighted by atomic mass is 14.2. The molecule has 0 unspecified atom stereocenters. The maximum Gasteiger partial charge on any atom is -0.00206 e. The SMILES string of the molecule is c1cc(-c2ccc(-c3ccc4ccccc4c3)c(-c3ccc4ccc5cccc6ccc3c4c56)c2)cc(-c2ccc3ccc4cccc5ccc2c3c45)c1. The standard InChI is InChI=1S/C54H32/c1-2-7-40-30-44(19-14-33(40)6-1)46-26-24-42(32-50(46)47-27-21-39-18-16-35-9-4-11-37-23-29-49(47)54(39)52(35)37)41-12-5-13-43(31-41)45-25-20-38-17-15-34-8-3-10-36-22-28-48(45)53(38)51(34)36/h1-32H. The normalized spacial score (nSPS) is 12.1. The summed E-state index contributed by atoms with van der Waals surface area (Å²) < 4.78 is 0. The molecular formula is C54H32. The molecule has 12 aromatic carbocycles. The first-order chi connectivity index (χ1) is 26.7. The van der Waals surface area contributed by atoms with E-state index in [-0.39, 0.29) is 0 Å². The van der Waals surface area contributed by atoms with Crippen molar-refractivity contribution in [1.29, 1.82) is 0 Å². The summed E-state index contributed by atoms with van der Waals surface area (Å²) >= 11 is 0. The lowest BCUT2D eigenvalue weighted by Crippen LogP contribution is -1.92. The summed E-state index contributed by atoms with van der Waals surface area (Å²) in [6, 6.07) is 72.6. The molecule has 0 heteroatoms. The van der Waals surface area contributed by atoms with Gasteiger partial charge in [-0.15, -0.1) is 0 Å². The van der Waals surface area contributed by atoms with E-state index < -0.39 is 0 Å². The Bertz CT molecular complexity index is 3410. The predicted octanol–water partition coefficient (Wildman–Crippen LogP) is 15.3. The molecule has 0 saturated heterocycles. The van der Waals surface area contributed by atoms with Crippen molar-refractivity contribution in [2.75, 3.05) is 0 Å². The van der Waals surface area contributed by atoms with Crippen LogP contribution in [0.5, 0.6) is 0 Å². The third kappa shape index (κ3) is 4.32. The molecule has 0 atom stereocenters. The Balaban J connectivity index is 1.08. The van der Waals surface area contributed by atoms with Gasteiger partial charge in [0.2, 0.25) is 0 Å². The predicted molar refractivity (Wildman–Crippen MR) is 233 cm³/mol. The van der Waals surface area contributed by atoms with Gasteiger partial charge in [0.15, 0.2) is 0 Å². The zero-order valence-corrected chi connectivity index (χ0v) is 29.5. The Hall–Kier alpha value is -7.02. The lowest BCUT2D eigenvalue weighted by atomic mass is 9.85. The van der Waals surface area contributed by atoms with Gasteiger partial charge in [0, 0.05) is 0 Å². The van der Waals surface area contributed by atoms with Gasteiger partial charge in [0.05, 0.1) is 0 Å². The van der Waals surface area contributed by atoms with E-state index in [0.29, 0.717) is 0 Å². The van der Waals surface area contributed by atoms with E-state index in [0.717, 1.165) is 0 Å². The van der Waals surface area contributed by atoms with Crippen molar-refractivity contribution in [2.45, 2.75) is 0 Å². The quantitative estimate of drug-likeness (QED) is 0.162. The Morgan fingerprint density at radius 3 is 1.30 bits per heavy atom. The average Bonchev–Trinajstić information content (AvgIpc) is 3.24. The lowest BCUT2D eigenvalue weighted by molar-refractivity contribution is 1.58. The average molecular weight is 681 g/mol. The van der Waals surface area contributed by atoms with Crippen molar-refractivity contribution in [2.24, 2.45) is 0 Å². The third-order valence-corrected chi connectivity index (χ3v) is 11.9. The minimum atomic E-state index is 1.21. The minimum Gasteiger partial charge on any atom is -0.0616 e. The van der Waals surface area contributed by atoms with Crippen molar-refractivity contribution < 1.29 is 0 Å². The molecule has 0 bridgehead atoms. The first-order valence-corrected chi connectivity index (χ1v) is 18.8. The summed E-state index contributed by atoms with van der Waals surface area (Å²) in [5.41, 5.74) is 9.88. The van der Waals surface area contributed by atoms with E-state index >= 15 is 0 Å². The Morgan fingerprint density at radius 2 is 0.611 bits per heavy atom. The highest BCUT2D eigenvalue weighted by Crippen LogP contribution is 2.45. The summed E-state index contributed by atoms with van der Waals surface area (Å²) in [5.74, 6) is 0. The van der Waals surface area contributed by atoms with Gasteiger partial charge in [-0.25, -0.2) is 0 Å². The Labute approximate surface area is 312 Å². The molecule has 0 aliphatic heterocycles. The van der Waals surface area contributed by atoms with E-state index in [4.69, 9.17) is 0 Å². The largest absolute Gasteiger partial charge is 0.0616 e. The topological polar surface area (TPSA) is 0 Å². The van der Waals surface area contributed by atoms with Crippen LogP contribution in [0.2, 0.25) is 0 Å². The van der Waals surface area contributed by atoms with Crippen LogP contribution in [0.1, 0.15) is 0 Å². The second-order valence-electron chi connectivity index (χ2n) is 14.8. The summed E-state index contributed by atoms with van der Waals surface area (Å²) in [4.78, 5) is 0. The zero-order chi connectivity index (χ0) is 35.3. The molecular weight excluding hydrogens is 649 g/mol. The monoisotopic (exact) mass is 680 g/mol. The molecule has 0 amide bonds. The van der Waals surface area contributed by atoms with E-state index in [9.17, 15) is 0 Å². The van der Waals surface area contributed by atoms with Crippen LogP contribution in [-0.2, 0) is 0 Å². The van der Waals surface area contributed by atoms with Crippen LogP contribution in [0.25, 0.3) is 120 Å². The van der Waals surface area contributed by atoms with Gasteiger partial charge in [-0.1, -0.05) is 176 Å². The van der Waals surface area contributed by atoms with Gasteiger partial charge in [-0.05, 0) is 138 Å². The molecule has 0 radical (unpaired) electrons. The molecule has 0 aliphatic rings. The van der Waals surface area contributed by atoms with Crippen molar-refractivity contribution in [3.05, 3.63) is 194 Å². The summed E-state index contributed by atoms with van der Waals surface area (Å²) in [6.45, 7) is 0. The minimum absolute atomic E-state index is 1.21. The van der Waals surface area contributed by atoms with Crippen LogP contribution in [-0.4, -0.2) is 0 Å². The first kappa shape index (κ1) is 29.5. The number of hydrogen-bond acceptors (Lipinski definition) is 0. The molecule has 0 aliphatic carbocycles. The van der Waals surface area contributed by atoms with Crippen molar-refractivity contribution in [3.63, 3.8) is 0 Å². The van der Waals surface area contributed by atoms with E-state index in [1.54, 1.807) is 0 Å². The van der Waals surface area contributed by atoms with Crippen LogP contribution in [0, 0.1) is 0 Å². The van der Waals surface area contributed by atoms with Crippen molar-refractivity contribution >= 4 is 75.4 Å². The smallest absolute Gasteiger partial charge is 0.00206 e.